The molecular weight excluding hydrogens is 572 g/mol. The molecule has 0 N–H and O–H groups in total. The summed E-state index contributed by atoms with van der Waals surface area (Å²) >= 11 is 0. The van der Waals surface area contributed by atoms with E-state index in [1.165, 1.54) is 38.9 Å². The Labute approximate surface area is 277 Å². The smallest absolute Gasteiger partial charge is 0.227 e. The molecule has 0 saturated heterocycles. The number of oxazole rings is 1. The van der Waals surface area contributed by atoms with Crippen LogP contribution in [-0.4, -0.2) is 4.98 Å². The normalized spacial score (nSPS) is 13.4. The van der Waals surface area contributed by atoms with Crippen molar-refractivity contribution in [2.24, 2.45) is 0 Å². The van der Waals surface area contributed by atoms with E-state index in [4.69, 9.17) is 9.40 Å². The largest absolute Gasteiger partial charge is 0.436 e. The highest BCUT2D eigenvalue weighted by Gasteiger charge is 2.35. The number of hydrogen-bond acceptors (Lipinski definition) is 3. The lowest BCUT2D eigenvalue weighted by Gasteiger charge is -2.29. The number of hydrogen-bond donors (Lipinski definition) is 0. The van der Waals surface area contributed by atoms with E-state index in [0.717, 1.165) is 33.7 Å². The highest BCUT2D eigenvalue weighted by Crippen LogP contribution is 2.50. The molecule has 7 aromatic rings. The van der Waals surface area contributed by atoms with E-state index in [2.05, 4.69) is 167 Å². The van der Waals surface area contributed by atoms with Crippen LogP contribution in [0.1, 0.15) is 51.3 Å². The van der Waals surface area contributed by atoms with Crippen LogP contribution in [-0.2, 0) is 10.8 Å². The van der Waals surface area contributed by atoms with Crippen LogP contribution in [0.25, 0.3) is 44.8 Å². The van der Waals surface area contributed by atoms with Crippen molar-refractivity contribution in [2.75, 3.05) is 4.90 Å². The monoisotopic (exact) mass is 610 g/mol. The van der Waals surface area contributed by atoms with Gasteiger partial charge in [0.2, 0.25) is 5.89 Å². The van der Waals surface area contributed by atoms with Gasteiger partial charge in [-0.2, -0.15) is 0 Å². The maximum Gasteiger partial charge on any atom is 0.227 e. The molecule has 0 unspecified atom stereocenters. The molecule has 3 nitrogen and oxygen atoms in total. The van der Waals surface area contributed by atoms with E-state index in [1.807, 2.05) is 12.1 Å². The maximum absolute atomic E-state index is 6.29. The molecule has 0 atom stereocenters. The highest BCUT2D eigenvalue weighted by atomic mass is 16.3. The molecule has 0 aliphatic heterocycles. The van der Waals surface area contributed by atoms with Gasteiger partial charge >= 0.3 is 0 Å². The lowest BCUT2D eigenvalue weighted by Crippen LogP contribution is -2.17. The first kappa shape index (κ1) is 29.0. The van der Waals surface area contributed by atoms with Crippen LogP contribution < -0.4 is 4.90 Å². The standard InChI is InChI=1S/C44H38N2O/c1-43(2,3)32-19-21-33(22-20-32)46(34-23-25-37-36-13-9-10-14-38(36)44(4,5)39(37)27-34)35-24-26-41-40(28-35)45-42(47-41)31-17-15-30(16-18-31)29-11-7-6-8-12-29/h6-28H,1-5H3. The summed E-state index contributed by atoms with van der Waals surface area (Å²) in [6, 6.07) is 49.9. The molecule has 3 heteroatoms. The third-order valence-corrected chi connectivity index (χ3v) is 9.69. The van der Waals surface area contributed by atoms with Crippen molar-refractivity contribution in [2.45, 2.75) is 45.4 Å². The summed E-state index contributed by atoms with van der Waals surface area (Å²) in [4.78, 5) is 7.32. The number of fused-ring (bicyclic) bond motifs is 4. The number of nitrogens with zero attached hydrogens (tertiary/aromatic N) is 2. The highest BCUT2D eigenvalue weighted by molar-refractivity contribution is 5.88. The molecule has 230 valence electrons. The molecule has 47 heavy (non-hydrogen) atoms. The quantitative estimate of drug-likeness (QED) is 0.194. The third-order valence-electron chi connectivity index (χ3n) is 9.69. The Balaban J connectivity index is 1.21. The van der Waals surface area contributed by atoms with Crippen LogP contribution >= 0.6 is 0 Å². The predicted octanol–water partition coefficient (Wildman–Crippen LogP) is 12.2. The van der Waals surface area contributed by atoms with Crippen LogP contribution in [0, 0.1) is 0 Å². The zero-order chi connectivity index (χ0) is 32.3. The minimum absolute atomic E-state index is 0.0715. The van der Waals surface area contributed by atoms with Crippen molar-refractivity contribution in [3.8, 4) is 33.7 Å². The van der Waals surface area contributed by atoms with E-state index >= 15 is 0 Å². The summed E-state index contributed by atoms with van der Waals surface area (Å²) in [5, 5.41) is 0. The zero-order valence-electron chi connectivity index (χ0n) is 27.6. The zero-order valence-corrected chi connectivity index (χ0v) is 27.6. The molecule has 0 radical (unpaired) electrons. The molecule has 1 heterocycles. The average molecular weight is 611 g/mol. The van der Waals surface area contributed by atoms with Gasteiger partial charge in [-0.25, -0.2) is 4.98 Å². The third kappa shape index (κ3) is 5.03. The second kappa shape index (κ2) is 10.8. The Morgan fingerprint density at radius 3 is 1.89 bits per heavy atom. The van der Waals surface area contributed by atoms with Crippen molar-refractivity contribution in [3.05, 3.63) is 156 Å². The van der Waals surface area contributed by atoms with E-state index in [-0.39, 0.29) is 10.8 Å². The molecule has 0 spiro atoms. The van der Waals surface area contributed by atoms with Gasteiger partial charge in [-0.15, -0.1) is 0 Å². The second-order valence-electron chi connectivity index (χ2n) is 14.1. The summed E-state index contributed by atoms with van der Waals surface area (Å²) in [6.45, 7) is 11.4. The Kier molecular flexibility index (Phi) is 6.70. The SMILES string of the molecule is CC(C)(C)c1ccc(N(c2ccc3c(c2)C(C)(C)c2ccccc2-3)c2ccc3oc(-c4ccc(-c5ccccc5)cc4)nc3c2)cc1. The van der Waals surface area contributed by atoms with E-state index in [0.29, 0.717) is 5.89 Å². The number of benzene rings is 6. The first-order chi connectivity index (χ1) is 22.7. The van der Waals surface area contributed by atoms with E-state index in [1.54, 1.807) is 0 Å². The molecule has 0 fully saturated rings. The fraction of sp³-hybridized carbons (Fsp3) is 0.159. The van der Waals surface area contributed by atoms with Gasteiger partial charge in [-0.05, 0) is 99.0 Å². The van der Waals surface area contributed by atoms with Gasteiger partial charge in [0.25, 0.3) is 0 Å². The fourth-order valence-corrected chi connectivity index (χ4v) is 7.00. The van der Waals surface area contributed by atoms with Crippen molar-refractivity contribution < 1.29 is 4.42 Å². The van der Waals surface area contributed by atoms with Gasteiger partial charge < -0.3 is 9.32 Å². The maximum atomic E-state index is 6.29. The van der Waals surface area contributed by atoms with Gasteiger partial charge in [-0.3, -0.25) is 0 Å². The van der Waals surface area contributed by atoms with Gasteiger partial charge in [0.1, 0.15) is 5.52 Å². The average Bonchev–Trinajstić information content (AvgIpc) is 3.61. The molecule has 0 bridgehead atoms. The van der Waals surface area contributed by atoms with Crippen LogP contribution in [0.15, 0.2) is 144 Å². The number of aromatic nitrogens is 1. The topological polar surface area (TPSA) is 29.3 Å². The van der Waals surface area contributed by atoms with Gasteiger partial charge in [0.15, 0.2) is 5.58 Å². The molecule has 0 saturated carbocycles. The predicted molar refractivity (Wildman–Crippen MR) is 196 cm³/mol. The summed E-state index contributed by atoms with van der Waals surface area (Å²) in [5.74, 6) is 0.620. The van der Waals surface area contributed by atoms with Crippen LogP contribution in [0.2, 0.25) is 0 Å². The van der Waals surface area contributed by atoms with E-state index < -0.39 is 0 Å². The van der Waals surface area contributed by atoms with Crippen molar-refractivity contribution in [1.29, 1.82) is 0 Å². The fourth-order valence-electron chi connectivity index (χ4n) is 7.00. The van der Waals surface area contributed by atoms with Crippen LogP contribution in [0.3, 0.4) is 0 Å². The Morgan fingerprint density at radius 1 is 0.553 bits per heavy atom. The minimum Gasteiger partial charge on any atom is -0.436 e. The van der Waals surface area contributed by atoms with Crippen molar-refractivity contribution >= 4 is 28.2 Å². The molecule has 0 amide bonds. The molecule has 1 aliphatic carbocycles. The van der Waals surface area contributed by atoms with Crippen molar-refractivity contribution in [3.63, 3.8) is 0 Å². The van der Waals surface area contributed by atoms with Crippen molar-refractivity contribution in [1.82, 2.24) is 4.98 Å². The molecule has 1 aromatic heterocycles. The lowest BCUT2D eigenvalue weighted by molar-refractivity contribution is 0.590. The Hall–Kier alpha value is -5.41. The Morgan fingerprint density at radius 2 is 1.15 bits per heavy atom. The Bertz CT molecular complexity index is 2230. The molecule has 1 aliphatic rings. The summed E-state index contributed by atoms with van der Waals surface area (Å²) in [5.41, 5.74) is 14.8. The van der Waals surface area contributed by atoms with Crippen LogP contribution in [0.5, 0.6) is 0 Å². The molecular formula is C44H38N2O. The van der Waals surface area contributed by atoms with Gasteiger partial charge in [0.05, 0.1) is 0 Å². The summed E-state index contributed by atoms with van der Waals surface area (Å²) < 4.78 is 6.29. The molecule has 8 rings (SSSR count). The second-order valence-corrected chi connectivity index (χ2v) is 14.1. The first-order valence-corrected chi connectivity index (χ1v) is 16.4. The van der Waals surface area contributed by atoms with Gasteiger partial charge in [0, 0.05) is 28.0 Å². The van der Waals surface area contributed by atoms with Crippen LogP contribution in [0.4, 0.5) is 17.1 Å². The lowest BCUT2D eigenvalue weighted by atomic mass is 9.82. The minimum atomic E-state index is -0.0925. The number of anilines is 3. The molecule has 6 aromatic carbocycles. The number of rotatable bonds is 5. The van der Waals surface area contributed by atoms with Gasteiger partial charge in [-0.1, -0.05) is 120 Å². The van der Waals surface area contributed by atoms with E-state index in [9.17, 15) is 0 Å². The summed E-state index contributed by atoms with van der Waals surface area (Å²) in [7, 11) is 0. The summed E-state index contributed by atoms with van der Waals surface area (Å²) in [6.07, 6.45) is 0. The first-order valence-electron chi connectivity index (χ1n) is 16.4.